The molecule has 5 nitrogen and oxygen atoms in total. The lowest BCUT2D eigenvalue weighted by atomic mass is 10.0. The van der Waals surface area contributed by atoms with Crippen LogP contribution in [0.1, 0.15) is 17.4 Å². The van der Waals surface area contributed by atoms with Gasteiger partial charge in [-0.2, -0.15) is 0 Å². The maximum Gasteiger partial charge on any atom is 0.239 e. The van der Waals surface area contributed by atoms with Gasteiger partial charge in [0, 0.05) is 17.1 Å². The molecule has 0 aliphatic carbocycles. The van der Waals surface area contributed by atoms with Gasteiger partial charge >= 0.3 is 0 Å². The second-order valence-electron chi connectivity index (χ2n) is 5.73. The van der Waals surface area contributed by atoms with Crippen LogP contribution in [0.2, 0.25) is 0 Å². The van der Waals surface area contributed by atoms with Gasteiger partial charge in [-0.05, 0) is 19.4 Å². The fourth-order valence-electron chi connectivity index (χ4n) is 2.68. The molecule has 1 aromatic carbocycles. The number of benzene rings is 1. The van der Waals surface area contributed by atoms with Crippen molar-refractivity contribution in [2.45, 2.75) is 19.4 Å². The zero-order valence-electron chi connectivity index (χ0n) is 12.4. The minimum absolute atomic E-state index is 0.248. The Balaban J connectivity index is 2.20. The molecule has 0 spiro atoms. The van der Waals surface area contributed by atoms with Crippen LogP contribution in [-0.2, 0) is 15.6 Å². The number of fused-ring (bicyclic) bond motifs is 1. The van der Waals surface area contributed by atoms with Crippen molar-refractivity contribution >= 4 is 37.4 Å². The van der Waals surface area contributed by atoms with Crippen LogP contribution in [-0.4, -0.2) is 31.5 Å². The number of hydrogen-bond acceptors (Lipinski definition) is 4. The number of aryl methyl sites for hydroxylation is 1. The smallest absolute Gasteiger partial charge is 0.239 e. The minimum Gasteiger partial charge on any atom is -0.344 e. The van der Waals surface area contributed by atoms with E-state index in [0.29, 0.717) is 10.3 Å². The van der Waals surface area contributed by atoms with Crippen LogP contribution in [0.5, 0.6) is 0 Å². The van der Waals surface area contributed by atoms with Crippen molar-refractivity contribution in [3.63, 3.8) is 0 Å². The van der Waals surface area contributed by atoms with Crippen LogP contribution in [0.25, 0.3) is 10.1 Å². The summed E-state index contributed by atoms with van der Waals surface area (Å²) in [7, 11) is -2.33. The van der Waals surface area contributed by atoms with Crippen LogP contribution >= 0.6 is 11.3 Å². The predicted octanol–water partition coefficient (Wildman–Crippen LogP) is 2.36. The molecule has 2 heterocycles. The molecule has 2 N–H and O–H groups in total. The van der Waals surface area contributed by atoms with Crippen molar-refractivity contribution in [3.05, 3.63) is 34.5 Å². The largest absolute Gasteiger partial charge is 0.344 e. The Kier molecular flexibility index (Phi) is 3.23. The number of halogens is 1. The van der Waals surface area contributed by atoms with E-state index in [9.17, 15) is 12.8 Å². The van der Waals surface area contributed by atoms with Crippen LogP contribution in [0, 0.1) is 18.2 Å². The normalized spacial score (nSPS) is 24.5. The lowest BCUT2D eigenvalue weighted by molar-refractivity contribution is 0.412. The van der Waals surface area contributed by atoms with E-state index in [1.807, 2.05) is 13.0 Å². The van der Waals surface area contributed by atoms with E-state index in [2.05, 4.69) is 5.32 Å². The molecule has 1 saturated heterocycles. The van der Waals surface area contributed by atoms with Crippen molar-refractivity contribution in [1.29, 1.82) is 5.41 Å². The summed E-state index contributed by atoms with van der Waals surface area (Å²) >= 11 is 1.24. The van der Waals surface area contributed by atoms with Gasteiger partial charge < -0.3 is 5.32 Å². The zero-order chi connectivity index (χ0) is 16.3. The van der Waals surface area contributed by atoms with Gasteiger partial charge in [0.25, 0.3) is 0 Å². The molecule has 0 unspecified atom stereocenters. The number of sulfonamides is 1. The van der Waals surface area contributed by atoms with Crippen molar-refractivity contribution in [1.82, 2.24) is 9.62 Å². The first kappa shape index (κ1) is 15.2. The van der Waals surface area contributed by atoms with E-state index in [1.54, 1.807) is 19.1 Å². The van der Waals surface area contributed by atoms with Gasteiger partial charge in [0.15, 0.2) is 0 Å². The molecule has 1 fully saturated rings. The number of nitrogens with one attached hydrogen (secondary N) is 2. The molecule has 1 aliphatic rings. The van der Waals surface area contributed by atoms with Gasteiger partial charge in [0.1, 0.15) is 5.82 Å². The Morgan fingerprint density at radius 3 is 2.73 bits per heavy atom. The highest BCUT2D eigenvalue weighted by molar-refractivity contribution is 7.89. The van der Waals surface area contributed by atoms with E-state index in [4.69, 9.17) is 5.41 Å². The van der Waals surface area contributed by atoms with E-state index < -0.39 is 21.4 Å². The van der Waals surface area contributed by atoms with Crippen LogP contribution < -0.4 is 5.32 Å². The Bertz CT molecular complexity index is 891. The lowest BCUT2D eigenvalue weighted by Gasteiger charge is -2.39. The highest BCUT2D eigenvalue weighted by Crippen LogP contribution is 2.40. The highest BCUT2D eigenvalue weighted by atomic mass is 32.2. The molecule has 8 heteroatoms. The van der Waals surface area contributed by atoms with Crippen molar-refractivity contribution in [2.24, 2.45) is 0 Å². The summed E-state index contributed by atoms with van der Waals surface area (Å²) < 4.78 is 40.9. The Labute approximate surface area is 132 Å². The van der Waals surface area contributed by atoms with Crippen LogP contribution in [0.3, 0.4) is 0 Å². The molecule has 0 amide bonds. The van der Waals surface area contributed by atoms with Gasteiger partial charge in [0.05, 0.1) is 16.2 Å². The summed E-state index contributed by atoms with van der Waals surface area (Å²) in [5.41, 5.74) is -0.204. The van der Waals surface area contributed by atoms with Gasteiger partial charge in [-0.1, -0.05) is 18.2 Å². The third-order valence-corrected chi connectivity index (χ3v) is 7.49. The lowest BCUT2D eigenvalue weighted by Crippen LogP contribution is -2.60. The molecule has 118 valence electrons. The third-order valence-electron chi connectivity index (χ3n) is 3.95. The van der Waals surface area contributed by atoms with E-state index in [1.165, 1.54) is 18.4 Å². The standard InChI is InChI=1S/C14H16FN3O2S2/c1-8-5-4-6-9-10(15)12(21-11(8)9)14(2)7-22(19,20)18(3)13(16)17-14/h4-6H,7H2,1-3H3,(H2,16,17)/t14-/m0/s1. The Morgan fingerprint density at radius 1 is 1.45 bits per heavy atom. The molecular weight excluding hydrogens is 325 g/mol. The molecule has 1 aliphatic heterocycles. The molecular formula is C14H16FN3O2S2. The first-order valence-electron chi connectivity index (χ1n) is 6.67. The third kappa shape index (κ3) is 2.09. The van der Waals surface area contributed by atoms with Crippen LogP contribution in [0.4, 0.5) is 4.39 Å². The number of hydrogen-bond donors (Lipinski definition) is 2. The fourth-order valence-corrected chi connectivity index (χ4v) is 5.49. The number of nitrogens with zero attached hydrogens (tertiary/aromatic N) is 1. The summed E-state index contributed by atoms with van der Waals surface area (Å²) in [6.07, 6.45) is 0. The summed E-state index contributed by atoms with van der Waals surface area (Å²) in [4.78, 5) is 0.318. The van der Waals surface area contributed by atoms with Gasteiger partial charge in [-0.25, -0.2) is 17.1 Å². The zero-order valence-corrected chi connectivity index (χ0v) is 14.0. The molecule has 3 rings (SSSR count). The second kappa shape index (κ2) is 4.66. The fraction of sp³-hybridized carbons (Fsp3) is 0.357. The minimum atomic E-state index is -3.64. The number of thiophene rings is 1. The topological polar surface area (TPSA) is 73.3 Å². The van der Waals surface area contributed by atoms with E-state index in [0.717, 1.165) is 14.6 Å². The van der Waals surface area contributed by atoms with Crippen LogP contribution in [0.15, 0.2) is 18.2 Å². The average molecular weight is 341 g/mol. The van der Waals surface area contributed by atoms with E-state index >= 15 is 0 Å². The Hall–Kier alpha value is -1.67. The van der Waals surface area contributed by atoms with Crippen molar-refractivity contribution < 1.29 is 12.8 Å². The summed E-state index contributed by atoms with van der Waals surface area (Å²) in [5, 5.41) is 11.1. The maximum absolute atomic E-state index is 14.8. The maximum atomic E-state index is 14.8. The van der Waals surface area contributed by atoms with Crippen molar-refractivity contribution in [3.8, 4) is 0 Å². The second-order valence-corrected chi connectivity index (χ2v) is 8.75. The first-order chi connectivity index (χ1) is 10.2. The summed E-state index contributed by atoms with van der Waals surface area (Å²) in [5.74, 6) is -0.949. The van der Waals surface area contributed by atoms with Crippen molar-refractivity contribution in [2.75, 3.05) is 12.8 Å². The van der Waals surface area contributed by atoms with Gasteiger partial charge in [-0.15, -0.1) is 11.3 Å². The molecule has 0 radical (unpaired) electrons. The Morgan fingerprint density at radius 2 is 2.14 bits per heavy atom. The summed E-state index contributed by atoms with van der Waals surface area (Å²) in [6, 6.07) is 5.36. The molecule has 22 heavy (non-hydrogen) atoms. The average Bonchev–Trinajstić information content (AvgIpc) is 2.76. The quantitative estimate of drug-likeness (QED) is 0.836. The number of rotatable bonds is 1. The monoisotopic (exact) mass is 341 g/mol. The molecule has 1 aromatic heterocycles. The predicted molar refractivity (Wildman–Crippen MR) is 86.3 cm³/mol. The molecule has 0 bridgehead atoms. The van der Waals surface area contributed by atoms with Gasteiger partial charge in [0.2, 0.25) is 16.0 Å². The number of guanidine groups is 1. The molecule has 2 aromatic rings. The summed E-state index contributed by atoms with van der Waals surface area (Å²) in [6.45, 7) is 3.51. The first-order valence-corrected chi connectivity index (χ1v) is 9.10. The molecule has 1 atom stereocenters. The SMILES string of the molecule is Cc1cccc2c(F)c([C@]3(C)CS(=O)(=O)N(C)C(=N)N3)sc12. The van der Waals surface area contributed by atoms with Gasteiger partial charge in [-0.3, -0.25) is 5.41 Å². The molecule has 0 saturated carbocycles. The van der Waals surface area contributed by atoms with E-state index in [-0.39, 0.29) is 11.7 Å². The highest BCUT2D eigenvalue weighted by Gasteiger charge is 2.44.